The maximum Gasteiger partial charge on any atom is 0.308 e. The Balaban J connectivity index is 1.48. The number of methoxy groups -OCH3 is 3. The summed E-state index contributed by atoms with van der Waals surface area (Å²) in [4.78, 5) is 51.1. The van der Waals surface area contributed by atoms with Crippen LogP contribution < -0.4 is 35.6 Å². The Kier molecular flexibility index (Phi) is 12.4. The predicted octanol–water partition coefficient (Wildman–Crippen LogP) is 4.42. The van der Waals surface area contributed by atoms with Crippen LogP contribution in [-0.2, 0) is 35.0 Å². The monoisotopic (exact) mass is 697 g/mol. The molecule has 1 heterocycles. The first kappa shape index (κ1) is 38.4. The van der Waals surface area contributed by atoms with Gasteiger partial charge in [-0.3, -0.25) is 19.2 Å². The smallest absolute Gasteiger partial charge is 0.308 e. The van der Waals surface area contributed by atoms with Crippen molar-refractivity contribution in [3.63, 3.8) is 0 Å². The number of esters is 1. The van der Waals surface area contributed by atoms with E-state index >= 15 is 0 Å². The Bertz CT molecular complexity index is 1630. The second-order valence-corrected chi connectivity index (χ2v) is 14.0. The number of ether oxygens (including phenoxy) is 6. The first-order valence-corrected chi connectivity index (χ1v) is 16.9. The van der Waals surface area contributed by atoms with Crippen LogP contribution in [0.1, 0.15) is 84.4 Å². The highest BCUT2D eigenvalue weighted by molar-refractivity contribution is 5.84. The number of aryl methyl sites for hydroxylation is 1. The Morgan fingerprint density at radius 1 is 0.980 bits per heavy atom. The van der Waals surface area contributed by atoms with Gasteiger partial charge in [0.1, 0.15) is 5.60 Å². The highest BCUT2D eigenvalue weighted by Gasteiger charge is 2.37. The summed E-state index contributed by atoms with van der Waals surface area (Å²) in [7, 11) is 4.62. The van der Waals surface area contributed by atoms with Gasteiger partial charge in [-0.05, 0) is 88.8 Å². The predicted molar refractivity (Wildman–Crippen MR) is 188 cm³/mol. The van der Waals surface area contributed by atoms with Crippen molar-refractivity contribution in [2.45, 2.75) is 103 Å². The third-order valence-corrected chi connectivity index (χ3v) is 8.38. The van der Waals surface area contributed by atoms with E-state index < -0.39 is 17.4 Å². The minimum atomic E-state index is -0.895. The molecular weight excluding hydrogens is 646 g/mol. The lowest BCUT2D eigenvalue weighted by atomic mass is 9.95. The zero-order valence-corrected chi connectivity index (χ0v) is 30.6. The van der Waals surface area contributed by atoms with Crippen molar-refractivity contribution in [3.8, 4) is 28.4 Å². The van der Waals surface area contributed by atoms with Crippen molar-refractivity contribution in [1.82, 2.24) is 10.6 Å². The van der Waals surface area contributed by atoms with Gasteiger partial charge in [-0.1, -0.05) is 6.07 Å². The number of fused-ring (bicyclic) bond motifs is 3. The van der Waals surface area contributed by atoms with Crippen molar-refractivity contribution in [2.24, 2.45) is 0 Å². The largest absolute Gasteiger partial charge is 0.493 e. The molecule has 0 unspecified atom stereocenters. The van der Waals surface area contributed by atoms with E-state index in [0.717, 1.165) is 11.1 Å². The van der Waals surface area contributed by atoms with E-state index in [2.05, 4.69) is 16.0 Å². The van der Waals surface area contributed by atoms with Crippen LogP contribution in [-0.4, -0.2) is 75.8 Å². The van der Waals surface area contributed by atoms with Crippen LogP contribution >= 0.6 is 0 Å². The molecule has 0 saturated carbocycles. The van der Waals surface area contributed by atoms with E-state index in [-0.39, 0.29) is 54.1 Å². The molecule has 13 heteroatoms. The summed E-state index contributed by atoms with van der Waals surface area (Å²) in [6.45, 7) is 10.7. The summed E-state index contributed by atoms with van der Waals surface area (Å²) in [5, 5.41) is 8.85. The van der Waals surface area contributed by atoms with Gasteiger partial charge in [0.2, 0.25) is 23.0 Å². The molecule has 13 nitrogen and oxygen atoms in total. The molecule has 2 aromatic rings. The number of anilines is 1. The molecule has 2 amide bonds. The van der Waals surface area contributed by atoms with E-state index in [0.29, 0.717) is 60.6 Å². The minimum absolute atomic E-state index is 0.109. The molecule has 0 bridgehead atoms. The molecular formula is C37H51N3O10. The summed E-state index contributed by atoms with van der Waals surface area (Å²) in [5.41, 5.74) is 2.24. The summed E-state index contributed by atoms with van der Waals surface area (Å²) < 4.78 is 34.5. The fraction of sp³-hybridized carbons (Fsp3) is 0.568. The molecule has 3 atom stereocenters. The normalized spacial score (nSPS) is 19.5. The quantitative estimate of drug-likeness (QED) is 0.270. The third-order valence-electron chi connectivity index (χ3n) is 8.38. The molecule has 0 radical (unpaired) electrons. The van der Waals surface area contributed by atoms with Gasteiger partial charge in [0, 0.05) is 25.5 Å². The van der Waals surface area contributed by atoms with E-state index in [1.807, 2.05) is 26.8 Å². The van der Waals surface area contributed by atoms with Gasteiger partial charge in [0.25, 0.3) is 0 Å². The lowest BCUT2D eigenvalue weighted by Gasteiger charge is -2.40. The number of carbonyl (C=O) groups is 3. The fourth-order valence-electron chi connectivity index (χ4n) is 6.56. The first-order chi connectivity index (χ1) is 23.5. The Hall–Kier alpha value is -4.36. The number of hydrogen-bond acceptors (Lipinski definition) is 11. The molecule has 274 valence electrons. The minimum Gasteiger partial charge on any atom is -0.493 e. The molecule has 2 aromatic carbocycles. The first-order valence-electron chi connectivity index (χ1n) is 16.9. The number of hydrogen-bond donors (Lipinski definition) is 3. The Morgan fingerprint density at radius 2 is 1.68 bits per heavy atom. The number of benzene rings is 1. The van der Waals surface area contributed by atoms with Crippen LogP contribution in [0.15, 0.2) is 29.1 Å². The Morgan fingerprint density at radius 3 is 2.32 bits per heavy atom. The summed E-state index contributed by atoms with van der Waals surface area (Å²) in [6, 6.07) is 6.36. The number of nitrogens with one attached hydrogen (secondary N) is 3. The van der Waals surface area contributed by atoms with Crippen molar-refractivity contribution in [1.29, 1.82) is 0 Å². The van der Waals surface area contributed by atoms with Crippen LogP contribution in [0.2, 0.25) is 0 Å². The van der Waals surface area contributed by atoms with Crippen molar-refractivity contribution >= 4 is 23.5 Å². The summed E-state index contributed by atoms with van der Waals surface area (Å²) >= 11 is 0. The Labute approximate surface area is 293 Å². The van der Waals surface area contributed by atoms with Crippen molar-refractivity contribution in [3.05, 3.63) is 45.6 Å². The summed E-state index contributed by atoms with van der Waals surface area (Å²) in [5.74, 6) is -0.399. The fourth-order valence-corrected chi connectivity index (χ4v) is 6.56. The lowest BCUT2D eigenvalue weighted by molar-refractivity contribution is -0.300. The highest BCUT2D eigenvalue weighted by atomic mass is 16.7. The number of amides is 2. The van der Waals surface area contributed by atoms with E-state index in [4.69, 9.17) is 28.4 Å². The highest BCUT2D eigenvalue weighted by Crippen LogP contribution is 2.50. The van der Waals surface area contributed by atoms with Gasteiger partial charge < -0.3 is 44.4 Å². The molecule has 50 heavy (non-hydrogen) atoms. The maximum absolute atomic E-state index is 13.6. The van der Waals surface area contributed by atoms with E-state index in [1.54, 1.807) is 40.2 Å². The molecule has 0 spiro atoms. The van der Waals surface area contributed by atoms with Crippen LogP contribution in [0, 0.1) is 0 Å². The molecule has 1 saturated heterocycles. The maximum atomic E-state index is 13.6. The molecule has 1 fully saturated rings. The standard InChI is InChI=1S/C37H51N3O10/c1-21(41)40-27-12-10-22-16-30(45-7)34(46-8)35(47-9)33(22)25-11-13-28(29(42)19-26(25)27)39-20-31(43)38-15-14-23-17-24(49-37(5,6)48-23)18-32(44)50-36(2,3)4/h11,13,16,19,23-24,27H,10,12,14-15,17-18,20H2,1-9H3,(H,38,43)(H,39,42)(H,40,41)/t23-,24-,27+/m1/s1. The van der Waals surface area contributed by atoms with Crippen LogP contribution in [0.25, 0.3) is 11.1 Å². The van der Waals surface area contributed by atoms with Gasteiger partial charge in [0.15, 0.2) is 17.3 Å². The molecule has 1 aliphatic heterocycles. The van der Waals surface area contributed by atoms with Crippen LogP contribution in [0.3, 0.4) is 0 Å². The van der Waals surface area contributed by atoms with Gasteiger partial charge in [-0.25, -0.2) is 0 Å². The average molecular weight is 698 g/mol. The van der Waals surface area contributed by atoms with Gasteiger partial charge in [-0.2, -0.15) is 0 Å². The topological polar surface area (TPSA) is 160 Å². The zero-order chi connectivity index (χ0) is 36.8. The van der Waals surface area contributed by atoms with Gasteiger partial charge in [-0.15, -0.1) is 0 Å². The van der Waals surface area contributed by atoms with Gasteiger partial charge in [0.05, 0.1) is 58.2 Å². The van der Waals surface area contributed by atoms with Gasteiger partial charge >= 0.3 is 5.97 Å². The third kappa shape index (κ3) is 9.87. The molecule has 4 rings (SSSR count). The average Bonchev–Trinajstić information content (AvgIpc) is 3.25. The van der Waals surface area contributed by atoms with Crippen LogP contribution in [0.5, 0.6) is 17.2 Å². The zero-order valence-electron chi connectivity index (χ0n) is 30.6. The SMILES string of the molecule is COc1cc2c(c(OC)c1OC)-c1ccc(NCC(=O)NCC[C@@H]3C[C@H](CC(=O)OC(C)(C)C)OC(C)(C)O3)c(=O)cc1[C@@H](NC(C)=O)CC2. The van der Waals surface area contributed by atoms with Crippen LogP contribution in [0.4, 0.5) is 5.69 Å². The van der Waals surface area contributed by atoms with Crippen molar-refractivity contribution < 1.29 is 42.8 Å². The van der Waals surface area contributed by atoms with E-state index in [9.17, 15) is 19.2 Å². The molecule has 0 aromatic heterocycles. The second kappa shape index (κ2) is 16.1. The second-order valence-electron chi connectivity index (χ2n) is 14.0. The number of rotatable bonds is 12. The molecule has 3 N–H and O–H groups in total. The number of carbonyl (C=O) groups excluding carboxylic acids is 3. The van der Waals surface area contributed by atoms with Crippen molar-refractivity contribution in [2.75, 3.05) is 39.7 Å². The lowest BCUT2D eigenvalue weighted by Crippen LogP contribution is -2.46. The molecule has 1 aliphatic carbocycles. The van der Waals surface area contributed by atoms with E-state index in [1.165, 1.54) is 20.1 Å². The molecule has 2 aliphatic rings. The summed E-state index contributed by atoms with van der Waals surface area (Å²) in [6.07, 6.45) is 1.58.